The third kappa shape index (κ3) is 5.06. The third-order valence-electron chi connectivity index (χ3n) is 3.77. The fourth-order valence-electron chi connectivity index (χ4n) is 2.46. The number of hydrogen-bond acceptors (Lipinski definition) is 4. The number of carbonyl (C=O) groups is 1. The van der Waals surface area contributed by atoms with Gasteiger partial charge in [0.15, 0.2) is 5.25 Å². The van der Waals surface area contributed by atoms with Crippen LogP contribution < -0.4 is 0 Å². The van der Waals surface area contributed by atoms with Crippen LogP contribution in [0.1, 0.15) is 31.2 Å². The van der Waals surface area contributed by atoms with Crippen LogP contribution in [0.5, 0.6) is 0 Å². The Bertz CT molecular complexity index is 752. The third-order valence-corrected chi connectivity index (χ3v) is 7.55. The molecular formula is C17H19ClO4S2. The molecule has 0 saturated carbocycles. The average Bonchev–Trinajstić information content (AvgIpc) is 3.07. The molecule has 0 bridgehead atoms. The highest BCUT2D eigenvalue weighted by Gasteiger charge is 2.34. The number of halogens is 1. The molecule has 1 atom stereocenters. The first-order valence-corrected chi connectivity index (χ1v) is 10.5. The van der Waals surface area contributed by atoms with Crippen LogP contribution in [0.15, 0.2) is 46.0 Å². The molecule has 1 unspecified atom stereocenters. The standard InChI is InChI=1S/C17H19ClO4S2/c18-14-10-8-13(9-11-14)5-2-1-3-6-15(17(19)20)24(21,22)16-7-4-12-23-16/h4,7-12,15H,1-3,5-6H2,(H,19,20). The minimum atomic E-state index is -3.80. The molecule has 1 N–H and O–H groups in total. The maximum atomic E-state index is 12.4. The molecule has 0 saturated heterocycles. The molecule has 1 aromatic carbocycles. The first kappa shape index (κ1) is 19.0. The molecule has 0 radical (unpaired) electrons. The summed E-state index contributed by atoms with van der Waals surface area (Å²) in [7, 11) is -3.80. The molecular weight excluding hydrogens is 368 g/mol. The van der Waals surface area contributed by atoms with E-state index in [1.807, 2.05) is 24.3 Å². The molecule has 7 heteroatoms. The number of carboxylic acid groups (broad SMARTS) is 1. The van der Waals surface area contributed by atoms with Gasteiger partial charge in [-0.3, -0.25) is 4.79 Å². The molecule has 0 fully saturated rings. The lowest BCUT2D eigenvalue weighted by Crippen LogP contribution is -2.29. The lowest BCUT2D eigenvalue weighted by molar-refractivity contribution is -0.136. The van der Waals surface area contributed by atoms with E-state index in [1.165, 1.54) is 11.6 Å². The van der Waals surface area contributed by atoms with E-state index in [4.69, 9.17) is 11.6 Å². The van der Waals surface area contributed by atoms with Crippen molar-refractivity contribution in [1.82, 2.24) is 0 Å². The van der Waals surface area contributed by atoms with Gasteiger partial charge in [0.1, 0.15) is 4.21 Å². The zero-order valence-corrected chi connectivity index (χ0v) is 15.4. The number of hydrogen-bond donors (Lipinski definition) is 1. The number of rotatable bonds is 9. The molecule has 2 rings (SSSR count). The lowest BCUT2D eigenvalue weighted by Gasteiger charge is -2.12. The monoisotopic (exact) mass is 386 g/mol. The minimum Gasteiger partial charge on any atom is -0.480 e. The Kier molecular flexibility index (Phi) is 6.83. The molecule has 0 amide bonds. The highest BCUT2D eigenvalue weighted by atomic mass is 35.5. The quantitative estimate of drug-likeness (QED) is 0.647. The number of unbranched alkanes of at least 4 members (excludes halogenated alkanes) is 2. The van der Waals surface area contributed by atoms with E-state index in [2.05, 4.69) is 0 Å². The normalized spacial score (nSPS) is 12.9. The van der Waals surface area contributed by atoms with E-state index in [9.17, 15) is 18.3 Å². The predicted molar refractivity (Wildman–Crippen MR) is 96.6 cm³/mol. The lowest BCUT2D eigenvalue weighted by atomic mass is 10.1. The summed E-state index contributed by atoms with van der Waals surface area (Å²) in [4.78, 5) is 11.4. The smallest absolute Gasteiger partial charge is 0.322 e. The van der Waals surface area contributed by atoms with Crippen LogP contribution >= 0.6 is 22.9 Å². The SMILES string of the molecule is O=C(O)C(CCCCCc1ccc(Cl)cc1)S(=O)(=O)c1cccs1. The summed E-state index contributed by atoms with van der Waals surface area (Å²) >= 11 is 6.89. The number of sulfone groups is 1. The fraction of sp³-hybridized carbons (Fsp3) is 0.353. The van der Waals surface area contributed by atoms with E-state index in [0.717, 1.165) is 30.6 Å². The number of benzene rings is 1. The van der Waals surface area contributed by atoms with E-state index >= 15 is 0 Å². The van der Waals surface area contributed by atoms with E-state index < -0.39 is 21.1 Å². The second-order valence-electron chi connectivity index (χ2n) is 5.53. The highest BCUT2D eigenvalue weighted by molar-refractivity contribution is 7.94. The van der Waals surface area contributed by atoms with E-state index in [1.54, 1.807) is 11.4 Å². The van der Waals surface area contributed by atoms with E-state index in [0.29, 0.717) is 11.4 Å². The molecule has 1 aromatic heterocycles. The first-order valence-electron chi connectivity index (χ1n) is 7.66. The molecule has 130 valence electrons. The Morgan fingerprint density at radius 1 is 1.12 bits per heavy atom. The summed E-state index contributed by atoms with van der Waals surface area (Å²) in [6.07, 6.45) is 3.23. The van der Waals surface area contributed by atoms with Crippen molar-refractivity contribution in [2.75, 3.05) is 0 Å². The van der Waals surface area contributed by atoms with Gasteiger partial charge in [-0.2, -0.15) is 0 Å². The van der Waals surface area contributed by atoms with Gasteiger partial charge in [0.05, 0.1) is 0 Å². The Hall–Kier alpha value is -1.37. The molecule has 2 aromatic rings. The van der Waals surface area contributed by atoms with Crippen LogP contribution in [-0.2, 0) is 21.1 Å². The van der Waals surface area contributed by atoms with Crippen molar-refractivity contribution in [1.29, 1.82) is 0 Å². The summed E-state index contributed by atoms with van der Waals surface area (Å²) in [6.45, 7) is 0. The van der Waals surface area contributed by atoms with Crippen molar-refractivity contribution in [3.8, 4) is 0 Å². The number of carboxylic acids is 1. The highest BCUT2D eigenvalue weighted by Crippen LogP contribution is 2.25. The molecule has 0 aliphatic heterocycles. The van der Waals surface area contributed by atoms with Gasteiger partial charge < -0.3 is 5.11 Å². The summed E-state index contributed by atoms with van der Waals surface area (Å²) in [5.41, 5.74) is 1.17. The molecule has 4 nitrogen and oxygen atoms in total. The van der Waals surface area contributed by atoms with Crippen molar-refractivity contribution in [3.63, 3.8) is 0 Å². The molecule has 0 spiro atoms. The van der Waals surface area contributed by atoms with Crippen molar-refractivity contribution >= 4 is 38.7 Å². The van der Waals surface area contributed by atoms with Crippen molar-refractivity contribution in [2.24, 2.45) is 0 Å². The van der Waals surface area contributed by atoms with Gasteiger partial charge >= 0.3 is 5.97 Å². The fourth-order valence-corrected chi connectivity index (χ4v) is 5.38. The van der Waals surface area contributed by atoms with Crippen molar-refractivity contribution in [2.45, 2.75) is 41.6 Å². The first-order chi connectivity index (χ1) is 11.4. The minimum absolute atomic E-state index is 0.121. The van der Waals surface area contributed by atoms with Crippen LogP contribution in [0.4, 0.5) is 0 Å². The maximum Gasteiger partial charge on any atom is 0.322 e. The van der Waals surface area contributed by atoms with Crippen LogP contribution in [-0.4, -0.2) is 24.7 Å². The number of thiophene rings is 1. The van der Waals surface area contributed by atoms with Gasteiger partial charge in [-0.05, 0) is 48.4 Å². The molecule has 0 aliphatic carbocycles. The van der Waals surface area contributed by atoms with Gasteiger partial charge in [0, 0.05) is 5.02 Å². The van der Waals surface area contributed by atoms with E-state index in [-0.39, 0.29) is 10.6 Å². The van der Waals surface area contributed by atoms with Crippen molar-refractivity contribution < 1.29 is 18.3 Å². The second kappa shape index (κ2) is 8.65. The summed E-state index contributed by atoms with van der Waals surface area (Å²) in [5, 5.41) is 10.2. The summed E-state index contributed by atoms with van der Waals surface area (Å²) in [6, 6.07) is 10.7. The van der Waals surface area contributed by atoms with Gasteiger partial charge in [-0.1, -0.05) is 42.6 Å². The van der Waals surface area contributed by atoms with Gasteiger partial charge in [0.2, 0.25) is 9.84 Å². The molecule has 24 heavy (non-hydrogen) atoms. The molecule has 1 heterocycles. The summed E-state index contributed by atoms with van der Waals surface area (Å²) in [5.74, 6) is -1.28. The molecule has 0 aliphatic rings. The average molecular weight is 387 g/mol. The number of aliphatic carboxylic acids is 1. The Morgan fingerprint density at radius 2 is 1.83 bits per heavy atom. The van der Waals surface area contributed by atoms with Crippen LogP contribution in [0, 0.1) is 0 Å². The van der Waals surface area contributed by atoms with Crippen LogP contribution in [0.3, 0.4) is 0 Å². The van der Waals surface area contributed by atoms with Gasteiger partial charge in [-0.15, -0.1) is 11.3 Å². The zero-order valence-electron chi connectivity index (χ0n) is 13.0. The number of aryl methyl sites for hydroxylation is 1. The largest absolute Gasteiger partial charge is 0.480 e. The maximum absolute atomic E-state index is 12.4. The summed E-state index contributed by atoms with van der Waals surface area (Å²) < 4.78 is 24.9. The second-order valence-corrected chi connectivity index (χ2v) is 9.27. The Labute approximate surface area is 151 Å². The zero-order chi connectivity index (χ0) is 17.6. The van der Waals surface area contributed by atoms with Crippen LogP contribution in [0.25, 0.3) is 0 Å². The topological polar surface area (TPSA) is 71.4 Å². The Balaban J connectivity index is 1.84. The van der Waals surface area contributed by atoms with Gasteiger partial charge in [0.25, 0.3) is 0 Å². The van der Waals surface area contributed by atoms with Gasteiger partial charge in [-0.25, -0.2) is 8.42 Å². The predicted octanol–water partition coefficient (Wildman–Crippen LogP) is 4.43. The van der Waals surface area contributed by atoms with Crippen LogP contribution in [0.2, 0.25) is 5.02 Å². The Morgan fingerprint density at radius 3 is 2.42 bits per heavy atom. The van der Waals surface area contributed by atoms with Crippen molar-refractivity contribution in [3.05, 3.63) is 52.4 Å².